The quantitative estimate of drug-likeness (QED) is 0.685. The highest BCUT2D eigenvalue weighted by Crippen LogP contribution is 2.36. The summed E-state index contributed by atoms with van der Waals surface area (Å²) in [4.78, 5) is 22.1. The van der Waals surface area contributed by atoms with Gasteiger partial charge in [-0.2, -0.15) is 0 Å². The van der Waals surface area contributed by atoms with Gasteiger partial charge < -0.3 is 9.84 Å². The fraction of sp³-hybridized carbons (Fsp3) is 0.800. The van der Waals surface area contributed by atoms with Crippen molar-refractivity contribution in [2.75, 3.05) is 0 Å². The number of esters is 1. The molecule has 0 aromatic rings. The van der Waals surface area contributed by atoms with Gasteiger partial charge in [0.25, 0.3) is 0 Å². The Labute approximate surface area is 83.2 Å². The maximum atomic E-state index is 11.5. The monoisotopic (exact) mass is 200 g/mol. The molecule has 1 saturated carbocycles. The molecule has 14 heavy (non-hydrogen) atoms. The Morgan fingerprint density at radius 1 is 1.21 bits per heavy atom. The van der Waals surface area contributed by atoms with Crippen molar-refractivity contribution in [3.05, 3.63) is 0 Å². The molecule has 1 aliphatic carbocycles. The van der Waals surface area contributed by atoms with Crippen molar-refractivity contribution < 1.29 is 19.4 Å². The minimum absolute atomic E-state index is 0.379. The molecule has 1 N–H and O–H groups in total. The Morgan fingerprint density at radius 3 is 2.00 bits per heavy atom. The summed E-state index contributed by atoms with van der Waals surface area (Å²) in [6.07, 6.45) is 1.21. The molecular weight excluding hydrogens is 184 g/mol. The molecule has 0 unspecified atom stereocenters. The summed E-state index contributed by atoms with van der Waals surface area (Å²) in [5.74, 6) is -2.25. The fourth-order valence-electron chi connectivity index (χ4n) is 1.46. The molecule has 80 valence electrons. The lowest BCUT2D eigenvalue weighted by atomic mass is 9.73. The van der Waals surface area contributed by atoms with E-state index in [0.29, 0.717) is 12.8 Å². The Bertz CT molecular complexity index is 251. The summed E-state index contributed by atoms with van der Waals surface area (Å²) >= 11 is 0. The highest BCUT2D eigenvalue weighted by molar-refractivity contribution is 5.83. The lowest BCUT2D eigenvalue weighted by Gasteiger charge is -2.33. The predicted octanol–water partition coefficient (Wildman–Crippen LogP) is 1.44. The molecule has 0 aromatic heterocycles. The average molecular weight is 200 g/mol. The third kappa shape index (κ3) is 2.47. The number of carbonyl (C=O) groups excluding carboxylic acids is 1. The van der Waals surface area contributed by atoms with Crippen LogP contribution < -0.4 is 0 Å². The topological polar surface area (TPSA) is 63.6 Å². The number of rotatable bonds is 2. The van der Waals surface area contributed by atoms with Crippen molar-refractivity contribution in [3.8, 4) is 0 Å². The van der Waals surface area contributed by atoms with Crippen LogP contribution in [0.15, 0.2) is 0 Å². The first-order valence-electron chi connectivity index (χ1n) is 4.77. The number of hydrogen-bond donors (Lipinski definition) is 1. The molecular formula is C10H16O4. The second kappa shape index (κ2) is 3.59. The van der Waals surface area contributed by atoms with Crippen LogP contribution in [0.2, 0.25) is 0 Å². The van der Waals surface area contributed by atoms with Gasteiger partial charge in [0.2, 0.25) is 0 Å². The largest absolute Gasteiger partial charge is 0.481 e. The number of carboxylic acid groups (broad SMARTS) is 1. The van der Waals surface area contributed by atoms with Gasteiger partial charge >= 0.3 is 11.9 Å². The molecule has 0 heterocycles. The molecule has 0 saturated heterocycles. The zero-order chi connectivity index (χ0) is 10.9. The first-order valence-corrected chi connectivity index (χ1v) is 4.77. The van der Waals surface area contributed by atoms with Crippen molar-refractivity contribution in [1.29, 1.82) is 0 Å². The van der Waals surface area contributed by atoms with E-state index in [0.717, 1.165) is 0 Å². The van der Waals surface area contributed by atoms with Gasteiger partial charge in [-0.1, -0.05) is 0 Å². The number of hydrogen-bond acceptors (Lipinski definition) is 3. The molecule has 1 rings (SSSR count). The highest BCUT2D eigenvalue weighted by Gasteiger charge is 2.43. The number of aliphatic carboxylic acids is 1. The summed E-state index contributed by atoms with van der Waals surface area (Å²) in [5, 5.41) is 8.74. The Balaban J connectivity index is 2.51. The van der Waals surface area contributed by atoms with Gasteiger partial charge in [0.05, 0.1) is 11.8 Å². The Kier molecular flexibility index (Phi) is 2.83. The maximum Gasteiger partial charge on any atom is 0.310 e. The minimum Gasteiger partial charge on any atom is -0.481 e. The van der Waals surface area contributed by atoms with Crippen LogP contribution in [0.5, 0.6) is 0 Å². The third-order valence-corrected chi connectivity index (χ3v) is 2.30. The SMILES string of the molecule is CC(C)(C)OC(=O)[C@H]1CC[C@H]1C(=O)O. The third-order valence-electron chi connectivity index (χ3n) is 2.30. The number of ether oxygens (including phenoxy) is 1. The molecule has 1 aliphatic rings. The van der Waals surface area contributed by atoms with E-state index in [-0.39, 0.29) is 5.97 Å². The minimum atomic E-state index is -0.896. The molecule has 0 bridgehead atoms. The molecule has 0 aliphatic heterocycles. The van der Waals surface area contributed by atoms with Crippen molar-refractivity contribution in [2.45, 2.75) is 39.2 Å². The summed E-state index contributed by atoms with van der Waals surface area (Å²) < 4.78 is 5.12. The van der Waals surface area contributed by atoms with E-state index in [2.05, 4.69) is 0 Å². The second-order valence-electron chi connectivity index (χ2n) is 4.66. The first-order chi connectivity index (χ1) is 6.31. The summed E-state index contributed by atoms with van der Waals surface area (Å²) in [6.45, 7) is 5.33. The Hall–Kier alpha value is -1.06. The molecule has 4 heteroatoms. The standard InChI is InChI=1S/C10H16O4/c1-10(2,3)14-9(13)7-5-4-6(7)8(11)12/h6-7H,4-5H2,1-3H3,(H,11,12)/t6-,7+/m1/s1. The predicted molar refractivity (Wildman–Crippen MR) is 49.7 cm³/mol. The van der Waals surface area contributed by atoms with Crippen LogP contribution in [0.4, 0.5) is 0 Å². The van der Waals surface area contributed by atoms with Gasteiger partial charge in [0, 0.05) is 0 Å². The van der Waals surface area contributed by atoms with E-state index in [1.807, 2.05) is 0 Å². The average Bonchev–Trinajstić information content (AvgIpc) is 1.75. The molecule has 0 amide bonds. The highest BCUT2D eigenvalue weighted by atomic mass is 16.6. The van der Waals surface area contributed by atoms with Crippen LogP contribution in [0.25, 0.3) is 0 Å². The van der Waals surface area contributed by atoms with E-state index in [4.69, 9.17) is 9.84 Å². The maximum absolute atomic E-state index is 11.5. The van der Waals surface area contributed by atoms with E-state index in [9.17, 15) is 9.59 Å². The van der Waals surface area contributed by atoms with Gasteiger partial charge in [-0.15, -0.1) is 0 Å². The zero-order valence-electron chi connectivity index (χ0n) is 8.74. The van der Waals surface area contributed by atoms with Crippen LogP contribution in [0.3, 0.4) is 0 Å². The van der Waals surface area contributed by atoms with Crippen molar-refractivity contribution in [1.82, 2.24) is 0 Å². The van der Waals surface area contributed by atoms with Crippen LogP contribution >= 0.6 is 0 Å². The van der Waals surface area contributed by atoms with Crippen LogP contribution in [-0.2, 0) is 14.3 Å². The summed E-state index contributed by atoms with van der Waals surface area (Å²) in [5.41, 5.74) is -0.532. The lowest BCUT2D eigenvalue weighted by molar-refractivity contribution is -0.172. The summed E-state index contributed by atoms with van der Waals surface area (Å²) in [7, 11) is 0. The van der Waals surface area contributed by atoms with Crippen molar-refractivity contribution in [3.63, 3.8) is 0 Å². The van der Waals surface area contributed by atoms with Crippen LogP contribution in [-0.4, -0.2) is 22.6 Å². The van der Waals surface area contributed by atoms with E-state index in [1.165, 1.54) is 0 Å². The molecule has 1 fully saturated rings. The molecule has 0 aromatic carbocycles. The van der Waals surface area contributed by atoms with E-state index < -0.39 is 23.4 Å². The molecule has 0 spiro atoms. The van der Waals surface area contributed by atoms with Crippen LogP contribution in [0.1, 0.15) is 33.6 Å². The second-order valence-corrected chi connectivity index (χ2v) is 4.66. The Morgan fingerprint density at radius 2 is 1.71 bits per heavy atom. The van der Waals surface area contributed by atoms with Crippen LogP contribution in [0, 0.1) is 11.8 Å². The van der Waals surface area contributed by atoms with E-state index in [1.54, 1.807) is 20.8 Å². The molecule has 2 atom stereocenters. The van der Waals surface area contributed by atoms with Gasteiger partial charge in [0.15, 0.2) is 0 Å². The van der Waals surface area contributed by atoms with Gasteiger partial charge in [-0.25, -0.2) is 0 Å². The smallest absolute Gasteiger partial charge is 0.310 e. The normalized spacial score (nSPS) is 26.5. The first kappa shape index (κ1) is 11.0. The van der Waals surface area contributed by atoms with Gasteiger partial charge in [-0.3, -0.25) is 9.59 Å². The number of carboxylic acids is 1. The summed E-state index contributed by atoms with van der Waals surface area (Å²) in [6, 6.07) is 0. The van der Waals surface area contributed by atoms with Crippen molar-refractivity contribution in [2.24, 2.45) is 11.8 Å². The number of carbonyl (C=O) groups is 2. The van der Waals surface area contributed by atoms with Gasteiger partial charge in [-0.05, 0) is 33.6 Å². The fourth-order valence-corrected chi connectivity index (χ4v) is 1.46. The molecule has 4 nitrogen and oxygen atoms in total. The zero-order valence-corrected chi connectivity index (χ0v) is 8.74. The van der Waals surface area contributed by atoms with E-state index >= 15 is 0 Å². The van der Waals surface area contributed by atoms with Crippen molar-refractivity contribution >= 4 is 11.9 Å². The molecule has 0 radical (unpaired) electrons. The lowest BCUT2D eigenvalue weighted by Crippen LogP contribution is -2.41. The van der Waals surface area contributed by atoms with Gasteiger partial charge in [0.1, 0.15) is 5.60 Å².